The Balaban J connectivity index is 1.89. The third kappa shape index (κ3) is 3.12. The highest BCUT2D eigenvalue weighted by atomic mass is 16.6. The minimum atomic E-state index is -0.294. The van der Waals surface area contributed by atoms with Gasteiger partial charge in [-0.2, -0.15) is 0 Å². The first-order chi connectivity index (χ1) is 10.9. The monoisotopic (exact) mass is 317 g/mol. The van der Waals surface area contributed by atoms with E-state index in [0.29, 0.717) is 5.92 Å². The van der Waals surface area contributed by atoms with Crippen molar-refractivity contribution in [1.82, 2.24) is 10.2 Å². The Kier molecular flexibility index (Phi) is 4.43. The third-order valence-corrected chi connectivity index (χ3v) is 5.76. The maximum atomic E-state index is 11.1. The molecule has 0 amide bonds. The molecule has 2 heterocycles. The van der Waals surface area contributed by atoms with E-state index in [2.05, 4.69) is 31.0 Å². The smallest absolute Gasteiger partial charge is 0.269 e. The van der Waals surface area contributed by atoms with Gasteiger partial charge in [0.1, 0.15) is 0 Å². The molecule has 0 bridgehead atoms. The van der Waals surface area contributed by atoms with Crippen LogP contribution in [0.15, 0.2) is 18.2 Å². The van der Waals surface area contributed by atoms with Crippen LogP contribution in [0.3, 0.4) is 0 Å². The van der Waals surface area contributed by atoms with Crippen LogP contribution in [-0.4, -0.2) is 35.0 Å². The number of hydrogen-bond donors (Lipinski definition) is 1. The van der Waals surface area contributed by atoms with Crippen molar-refractivity contribution in [2.75, 3.05) is 19.6 Å². The second-order valence-electron chi connectivity index (χ2n) is 7.26. The Morgan fingerprint density at radius 3 is 2.61 bits per heavy atom. The lowest BCUT2D eigenvalue weighted by atomic mass is 9.79. The van der Waals surface area contributed by atoms with Crippen LogP contribution in [0.2, 0.25) is 0 Å². The van der Waals surface area contributed by atoms with Gasteiger partial charge < -0.3 is 10.2 Å². The minimum absolute atomic E-state index is 0.156. The van der Waals surface area contributed by atoms with Crippen LogP contribution >= 0.6 is 0 Å². The fraction of sp³-hybridized carbons (Fsp3) is 0.667. The maximum absolute atomic E-state index is 11.1. The number of nitrogens with zero attached hydrogens (tertiary/aromatic N) is 2. The standard InChI is InChI=1S/C18H27N3O2/c1-4-20-9-7-18(8-10-20)12-13(2)16-6-5-15(21(22)23)11-17(16)14(3)19-18/h5-6,11,13-14,19H,4,7-10,12H2,1-3H3/t13-,14+/m0/s1. The molecular weight excluding hydrogens is 290 g/mol. The zero-order valence-corrected chi connectivity index (χ0v) is 14.3. The van der Waals surface area contributed by atoms with Gasteiger partial charge in [-0.1, -0.05) is 19.9 Å². The summed E-state index contributed by atoms with van der Waals surface area (Å²) in [5.41, 5.74) is 2.73. The highest BCUT2D eigenvalue weighted by Crippen LogP contribution is 2.41. The normalized spacial score (nSPS) is 27.4. The molecule has 2 atom stereocenters. The molecule has 3 rings (SSSR count). The van der Waals surface area contributed by atoms with Crippen molar-refractivity contribution in [3.63, 3.8) is 0 Å². The molecule has 1 fully saturated rings. The zero-order chi connectivity index (χ0) is 16.6. The van der Waals surface area contributed by atoms with Crippen LogP contribution < -0.4 is 5.32 Å². The lowest BCUT2D eigenvalue weighted by Crippen LogP contribution is -2.53. The van der Waals surface area contributed by atoms with E-state index in [9.17, 15) is 10.1 Å². The van der Waals surface area contributed by atoms with Crippen molar-refractivity contribution >= 4 is 5.69 Å². The number of hydrogen-bond acceptors (Lipinski definition) is 4. The van der Waals surface area contributed by atoms with Gasteiger partial charge >= 0.3 is 0 Å². The number of nitrogens with one attached hydrogen (secondary N) is 1. The Hall–Kier alpha value is -1.46. The van der Waals surface area contributed by atoms with Crippen LogP contribution in [0, 0.1) is 10.1 Å². The summed E-state index contributed by atoms with van der Waals surface area (Å²) in [4.78, 5) is 13.3. The van der Waals surface area contributed by atoms with Crippen molar-refractivity contribution in [3.8, 4) is 0 Å². The van der Waals surface area contributed by atoms with Crippen LogP contribution in [0.4, 0.5) is 5.69 Å². The third-order valence-electron chi connectivity index (χ3n) is 5.76. The number of benzene rings is 1. The van der Waals surface area contributed by atoms with Crippen molar-refractivity contribution in [3.05, 3.63) is 39.4 Å². The molecule has 126 valence electrons. The van der Waals surface area contributed by atoms with E-state index in [1.54, 1.807) is 12.1 Å². The first-order valence-electron chi connectivity index (χ1n) is 8.72. The van der Waals surface area contributed by atoms with Crippen LogP contribution in [0.25, 0.3) is 0 Å². The summed E-state index contributed by atoms with van der Waals surface area (Å²) in [5, 5.41) is 14.9. The van der Waals surface area contributed by atoms with Crippen molar-refractivity contribution in [1.29, 1.82) is 0 Å². The summed E-state index contributed by atoms with van der Waals surface area (Å²) in [5.74, 6) is 0.427. The molecule has 0 aromatic heterocycles. The van der Waals surface area contributed by atoms with Gasteiger partial charge in [-0.05, 0) is 62.9 Å². The lowest BCUT2D eigenvalue weighted by Gasteiger charge is -2.44. The molecule has 0 aliphatic carbocycles. The van der Waals surface area contributed by atoms with Crippen molar-refractivity contribution in [2.45, 2.75) is 57.5 Å². The van der Waals surface area contributed by atoms with Gasteiger partial charge in [-0.25, -0.2) is 0 Å². The average molecular weight is 317 g/mol. The number of nitro benzene ring substituents is 1. The molecule has 1 spiro atoms. The summed E-state index contributed by atoms with van der Waals surface area (Å²) < 4.78 is 0. The molecule has 2 aliphatic heterocycles. The average Bonchev–Trinajstić information content (AvgIpc) is 2.63. The van der Waals surface area contributed by atoms with E-state index in [-0.39, 0.29) is 22.2 Å². The van der Waals surface area contributed by atoms with Gasteiger partial charge in [0.15, 0.2) is 0 Å². The number of piperidine rings is 1. The first kappa shape index (κ1) is 16.4. The molecule has 2 aliphatic rings. The highest BCUT2D eigenvalue weighted by molar-refractivity contribution is 5.44. The first-order valence-corrected chi connectivity index (χ1v) is 8.72. The van der Waals surface area contributed by atoms with Crippen molar-refractivity contribution < 1.29 is 4.92 Å². The molecule has 0 saturated carbocycles. The van der Waals surface area contributed by atoms with Gasteiger partial charge in [-0.15, -0.1) is 0 Å². The number of non-ortho nitro benzene ring substituents is 1. The number of likely N-dealkylation sites (tertiary alicyclic amines) is 1. The number of fused-ring (bicyclic) bond motifs is 1. The van der Waals surface area contributed by atoms with E-state index < -0.39 is 0 Å². The molecular formula is C18H27N3O2. The molecule has 23 heavy (non-hydrogen) atoms. The van der Waals surface area contributed by atoms with Crippen LogP contribution in [0.1, 0.15) is 63.1 Å². The van der Waals surface area contributed by atoms with Crippen LogP contribution in [0.5, 0.6) is 0 Å². The predicted molar refractivity (Wildman–Crippen MR) is 91.8 cm³/mol. The SMILES string of the molecule is CCN1CCC2(CC1)C[C@H](C)c1ccc([N+](=O)[O-])cc1[C@@H](C)N2. The number of rotatable bonds is 2. The fourth-order valence-electron chi connectivity index (χ4n) is 4.44. The molecule has 1 aromatic carbocycles. The maximum Gasteiger partial charge on any atom is 0.269 e. The largest absolute Gasteiger partial charge is 0.305 e. The molecule has 0 radical (unpaired) electrons. The van der Waals surface area contributed by atoms with E-state index in [1.807, 2.05) is 6.07 Å². The highest BCUT2D eigenvalue weighted by Gasteiger charge is 2.40. The van der Waals surface area contributed by atoms with E-state index >= 15 is 0 Å². The second-order valence-corrected chi connectivity index (χ2v) is 7.26. The lowest BCUT2D eigenvalue weighted by molar-refractivity contribution is -0.385. The molecule has 0 unspecified atom stereocenters. The minimum Gasteiger partial charge on any atom is -0.305 e. The topological polar surface area (TPSA) is 58.4 Å². The van der Waals surface area contributed by atoms with Gasteiger partial charge in [0.2, 0.25) is 0 Å². The zero-order valence-electron chi connectivity index (χ0n) is 14.3. The predicted octanol–water partition coefficient (Wildman–Crippen LogP) is 3.61. The van der Waals surface area contributed by atoms with Crippen LogP contribution in [-0.2, 0) is 0 Å². The summed E-state index contributed by atoms with van der Waals surface area (Å²) >= 11 is 0. The Labute approximate surface area is 138 Å². The molecule has 1 N–H and O–H groups in total. The summed E-state index contributed by atoms with van der Waals surface area (Å²) in [6, 6.07) is 5.54. The quantitative estimate of drug-likeness (QED) is 0.669. The Morgan fingerprint density at radius 1 is 1.30 bits per heavy atom. The molecule has 5 nitrogen and oxygen atoms in total. The number of nitro groups is 1. The Bertz CT molecular complexity index is 594. The van der Waals surface area contributed by atoms with Gasteiger partial charge in [0, 0.05) is 23.7 Å². The van der Waals surface area contributed by atoms with E-state index in [4.69, 9.17) is 0 Å². The second kappa shape index (κ2) is 6.21. The van der Waals surface area contributed by atoms with Gasteiger partial charge in [0.25, 0.3) is 5.69 Å². The van der Waals surface area contributed by atoms with Crippen molar-refractivity contribution in [2.24, 2.45) is 0 Å². The van der Waals surface area contributed by atoms with Gasteiger partial charge in [0.05, 0.1) is 4.92 Å². The van der Waals surface area contributed by atoms with Gasteiger partial charge in [-0.3, -0.25) is 10.1 Å². The van der Waals surface area contributed by atoms with E-state index in [0.717, 1.165) is 44.5 Å². The summed E-state index contributed by atoms with van der Waals surface area (Å²) in [6.45, 7) is 10.0. The summed E-state index contributed by atoms with van der Waals surface area (Å²) in [6.07, 6.45) is 3.43. The van der Waals surface area contributed by atoms with E-state index in [1.165, 1.54) is 5.56 Å². The summed E-state index contributed by atoms with van der Waals surface area (Å²) in [7, 11) is 0. The fourth-order valence-corrected chi connectivity index (χ4v) is 4.44. The molecule has 1 saturated heterocycles. The molecule has 5 heteroatoms. The molecule has 1 aromatic rings. The Morgan fingerprint density at radius 2 is 2.00 bits per heavy atom.